The molecular formula is C14H14Cl2N2O2. The van der Waals surface area contributed by atoms with Crippen LogP contribution in [-0.4, -0.2) is 11.6 Å². The average Bonchev–Trinajstić information content (AvgIpc) is 2.44. The number of pyridine rings is 1. The number of rotatable bonds is 5. The summed E-state index contributed by atoms with van der Waals surface area (Å²) in [5.74, 6) is 1.28. The van der Waals surface area contributed by atoms with Crippen LogP contribution in [0.2, 0.25) is 10.0 Å². The number of nitrogens with two attached hydrogens (primary N) is 1. The molecule has 0 saturated heterocycles. The number of nitrogen functional groups attached to an aromatic ring is 1. The molecule has 6 heteroatoms. The van der Waals surface area contributed by atoms with Crippen molar-refractivity contribution in [1.29, 1.82) is 0 Å². The highest BCUT2D eigenvalue weighted by Gasteiger charge is 2.11. The molecule has 4 nitrogen and oxygen atoms in total. The van der Waals surface area contributed by atoms with Crippen molar-refractivity contribution in [2.75, 3.05) is 12.3 Å². The summed E-state index contributed by atoms with van der Waals surface area (Å²) in [6.07, 6.45) is 2.51. The summed E-state index contributed by atoms with van der Waals surface area (Å²) in [6, 6.07) is 6.65. The Bertz CT molecular complexity index is 606. The van der Waals surface area contributed by atoms with Crippen LogP contribution in [-0.2, 0) is 0 Å². The lowest BCUT2D eigenvalue weighted by Crippen LogP contribution is -2.00. The largest absolute Gasteiger partial charge is 0.488 e. The van der Waals surface area contributed by atoms with Gasteiger partial charge in [0.15, 0.2) is 11.5 Å². The van der Waals surface area contributed by atoms with Crippen LogP contribution in [0.15, 0.2) is 30.5 Å². The molecule has 0 radical (unpaired) electrons. The molecule has 0 bridgehead atoms. The van der Waals surface area contributed by atoms with E-state index in [2.05, 4.69) is 4.98 Å². The van der Waals surface area contributed by atoms with E-state index in [4.69, 9.17) is 38.4 Å². The van der Waals surface area contributed by atoms with Gasteiger partial charge in [-0.05, 0) is 24.6 Å². The molecule has 0 aliphatic heterocycles. The molecule has 0 amide bonds. The van der Waals surface area contributed by atoms with Gasteiger partial charge in [0.05, 0.1) is 22.3 Å². The standard InChI is InChI=1S/C14H14Cl2N2O2/c1-2-6-19-12-4-3-5-18-14(12)20-13-8-10(16)9(15)7-11(13)17/h3-5,7-8H,2,6,17H2,1H3. The van der Waals surface area contributed by atoms with Crippen LogP contribution in [0.3, 0.4) is 0 Å². The van der Waals surface area contributed by atoms with Gasteiger partial charge in [0.1, 0.15) is 0 Å². The molecule has 1 aromatic heterocycles. The SMILES string of the molecule is CCCOc1cccnc1Oc1cc(Cl)c(Cl)cc1N. The van der Waals surface area contributed by atoms with E-state index in [1.807, 2.05) is 6.92 Å². The first-order chi connectivity index (χ1) is 9.61. The van der Waals surface area contributed by atoms with Crippen molar-refractivity contribution in [2.24, 2.45) is 0 Å². The summed E-state index contributed by atoms with van der Waals surface area (Å²) in [5.41, 5.74) is 6.23. The predicted octanol–water partition coefficient (Wildman–Crippen LogP) is 4.55. The second-order valence-electron chi connectivity index (χ2n) is 4.06. The molecule has 0 unspecified atom stereocenters. The van der Waals surface area contributed by atoms with Gasteiger partial charge in [0.2, 0.25) is 0 Å². The van der Waals surface area contributed by atoms with E-state index in [1.165, 1.54) is 6.07 Å². The number of hydrogen-bond acceptors (Lipinski definition) is 4. The average molecular weight is 313 g/mol. The van der Waals surface area contributed by atoms with Crippen LogP contribution in [0.1, 0.15) is 13.3 Å². The zero-order valence-electron chi connectivity index (χ0n) is 10.9. The molecule has 0 saturated carbocycles. The fraction of sp³-hybridized carbons (Fsp3) is 0.214. The van der Waals surface area contributed by atoms with E-state index in [-0.39, 0.29) is 0 Å². The molecule has 0 spiro atoms. The third-order valence-corrected chi connectivity index (χ3v) is 3.18. The molecule has 1 aromatic carbocycles. The molecule has 1 heterocycles. The van der Waals surface area contributed by atoms with Crippen LogP contribution in [0.5, 0.6) is 17.4 Å². The minimum atomic E-state index is 0.339. The quantitative estimate of drug-likeness (QED) is 0.823. The van der Waals surface area contributed by atoms with Crippen molar-refractivity contribution < 1.29 is 9.47 Å². The van der Waals surface area contributed by atoms with E-state index in [1.54, 1.807) is 24.4 Å². The molecule has 2 N–H and O–H groups in total. The van der Waals surface area contributed by atoms with Crippen LogP contribution in [0.4, 0.5) is 5.69 Å². The van der Waals surface area contributed by atoms with Gasteiger partial charge in [-0.1, -0.05) is 30.1 Å². The first-order valence-corrected chi connectivity index (χ1v) is 6.87. The fourth-order valence-corrected chi connectivity index (χ4v) is 1.84. The maximum atomic E-state index is 5.96. The molecule has 2 aromatic rings. The second-order valence-corrected chi connectivity index (χ2v) is 4.88. The highest BCUT2D eigenvalue weighted by atomic mass is 35.5. The normalized spacial score (nSPS) is 10.3. The summed E-state index contributed by atoms with van der Waals surface area (Å²) < 4.78 is 11.2. The number of ether oxygens (including phenoxy) is 2. The topological polar surface area (TPSA) is 57.4 Å². The molecule has 0 atom stereocenters. The third-order valence-electron chi connectivity index (χ3n) is 2.46. The Morgan fingerprint density at radius 3 is 2.70 bits per heavy atom. The number of benzene rings is 1. The maximum Gasteiger partial charge on any atom is 0.262 e. The monoisotopic (exact) mass is 312 g/mol. The van der Waals surface area contributed by atoms with Crippen molar-refractivity contribution in [3.05, 3.63) is 40.5 Å². The lowest BCUT2D eigenvalue weighted by atomic mass is 10.3. The summed E-state index contributed by atoms with van der Waals surface area (Å²) in [7, 11) is 0. The molecule has 0 fully saturated rings. The maximum absolute atomic E-state index is 5.96. The Morgan fingerprint density at radius 2 is 1.95 bits per heavy atom. The first-order valence-electron chi connectivity index (χ1n) is 6.12. The van der Waals surface area contributed by atoms with Crippen LogP contribution in [0, 0.1) is 0 Å². The van der Waals surface area contributed by atoms with E-state index in [0.717, 1.165) is 6.42 Å². The number of aromatic nitrogens is 1. The number of hydrogen-bond donors (Lipinski definition) is 1. The minimum absolute atomic E-state index is 0.339. The molecule has 0 aliphatic carbocycles. The summed E-state index contributed by atoms with van der Waals surface area (Å²) in [5, 5.41) is 0.739. The predicted molar refractivity (Wildman–Crippen MR) is 81.0 cm³/mol. The van der Waals surface area contributed by atoms with Crippen molar-refractivity contribution in [2.45, 2.75) is 13.3 Å². The zero-order valence-corrected chi connectivity index (χ0v) is 12.4. The van der Waals surface area contributed by atoms with Gasteiger partial charge in [-0.25, -0.2) is 4.98 Å². The van der Waals surface area contributed by atoms with E-state index < -0.39 is 0 Å². The van der Waals surface area contributed by atoms with E-state index >= 15 is 0 Å². The Labute approximate surface area is 127 Å². The highest BCUT2D eigenvalue weighted by Crippen LogP contribution is 2.37. The summed E-state index contributed by atoms with van der Waals surface area (Å²) in [4.78, 5) is 4.14. The summed E-state index contributed by atoms with van der Waals surface area (Å²) in [6.45, 7) is 2.60. The molecule has 20 heavy (non-hydrogen) atoms. The van der Waals surface area contributed by atoms with Crippen LogP contribution < -0.4 is 15.2 Å². The lowest BCUT2D eigenvalue weighted by Gasteiger charge is -2.12. The molecule has 2 rings (SSSR count). The fourth-order valence-electron chi connectivity index (χ4n) is 1.51. The van der Waals surface area contributed by atoms with Crippen molar-refractivity contribution >= 4 is 28.9 Å². The molecule has 0 aliphatic rings. The smallest absolute Gasteiger partial charge is 0.262 e. The Hall–Kier alpha value is -1.65. The van der Waals surface area contributed by atoms with Gasteiger partial charge < -0.3 is 15.2 Å². The molecule has 106 valence electrons. The van der Waals surface area contributed by atoms with Crippen LogP contribution in [0.25, 0.3) is 0 Å². The highest BCUT2D eigenvalue weighted by molar-refractivity contribution is 6.42. The number of nitrogens with zero attached hydrogens (tertiary/aromatic N) is 1. The zero-order chi connectivity index (χ0) is 14.5. The number of halogens is 2. The lowest BCUT2D eigenvalue weighted by molar-refractivity contribution is 0.298. The van der Waals surface area contributed by atoms with Crippen molar-refractivity contribution in [3.63, 3.8) is 0 Å². The van der Waals surface area contributed by atoms with Gasteiger partial charge >= 0.3 is 0 Å². The second kappa shape index (κ2) is 6.68. The van der Waals surface area contributed by atoms with Gasteiger partial charge in [-0.2, -0.15) is 0 Å². The molecular weight excluding hydrogens is 299 g/mol. The van der Waals surface area contributed by atoms with Crippen molar-refractivity contribution in [1.82, 2.24) is 4.98 Å². The number of anilines is 1. The van der Waals surface area contributed by atoms with Crippen LogP contribution >= 0.6 is 23.2 Å². The van der Waals surface area contributed by atoms with Gasteiger partial charge in [-0.15, -0.1) is 0 Å². The third kappa shape index (κ3) is 3.46. The Morgan fingerprint density at radius 1 is 1.20 bits per heavy atom. The van der Waals surface area contributed by atoms with E-state index in [0.29, 0.717) is 39.7 Å². The first kappa shape index (κ1) is 14.8. The Balaban J connectivity index is 2.28. The van der Waals surface area contributed by atoms with Gasteiger partial charge in [0, 0.05) is 12.3 Å². The van der Waals surface area contributed by atoms with Gasteiger partial charge in [0.25, 0.3) is 5.88 Å². The minimum Gasteiger partial charge on any atom is -0.488 e. The summed E-state index contributed by atoms with van der Waals surface area (Å²) >= 11 is 11.8. The Kier molecular flexibility index (Phi) is 4.93. The van der Waals surface area contributed by atoms with E-state index in [9.17, 15) is 0 Å². The van der Waals surface area contributed by atoms with Crippen molar-refractivity contribution in [3.8, 4) is 17.4 Å². The van der Waals surface area contributed by atoms with Gasteiger partial charge in [-0.3, -0.25) is 0 Å².